The van der Waals surface area contributed by atoms with Gasteiger partial charge in [-0.2, -0.15) is 0 Å². The van der Waals surface area contributed by atoms with Crippen molar-refractivity contribution < 1.29 is 44.4 Å². The Bertz CT molecular complexity index is 876. The second kappa shape index (κ2) is 7.86. The molecule has 4 saturated carbocycles. The van der Waals surface area contributed by atoms with Crippen LogP contribution in [-0.2, 0) is 24.7 Å². The smallest absolute Gasteiger partial charge is 0.229 e. The summed E-state index contributed by atoms with van der Waals surface area (Å²) in [6.45, 7) is -0.504. The Morgan fingerprint density at radius 3 is 2.42 bits per heavy atom. The van der Waals surface area contributed by atoms with Gasteiger partial charge >= 0.3 is 0 Å². The summed E-state index contributed by atoms with van der Waals surface area (Å²) in [6.07, 6.45) is -1.54. The Hall–Kier alpha value is -1.30. The van der Waals surface area contributed by atoms with Gasteiger partial charge in [-0.15, -0.1) is 0 Å². The van der Waals surface area contributed by atoms with E-state index < -0.39 is 49.2 Å². The number of aliphatic hydroxyl groups is 4. The monoisotopic (exact) mass is 464 g/mol. The highest BCUT2D eigenvalue weighted by molar-refractivity contribution is 5.41. The van der Waals surface area contributed by atoms with Crippen LogP contribution in [0.2, 0.25) is 0 Å². The Kier molecular flexibility index (Phi) is 5.28. The van der Waals surface area contributed by atoms with Crippen LogP contribution in [0.3, 0.4) is 0 Å². The molecule has 4 N–H and O–H groups in total. The highest BCUT2D eigenvalue weighted by Gasteiger charge is 2.75. The van der Waals surface area contributed by atoms with Gasteiger partial charge in [0.2, 0.25) is 12.6 Å². The van der Waals surface area contributed by atoms with Crippen LogP contribution in [0.5, 0.6) is 5.75 Å². The molecule has 0 amide bonds. The number of hydrogen-bond donors (Lipinski definition) is 4. The lowest BCUT2D eigenvalue weighted by atomic mass is 9.41. The fraction of sp³-hybridized carbons (Fsp3) is 0.750. The van der Waals surface area contributed by atoms with Crippen LogP contribution in [0.4, 0.5) is 0 Å². The SMILES string of the molecule is COC1OOC12C1C[C@@H]3C[C@H](C1)CC2(c1cccc(O[C@@H]2O[C@H](CO)[C@H](O)[C@H](O)[C@H]2O)c1)C3. The van der Waals surface area contributed by atoms with Crippen molar-refractivity contribution >= 4 is 0 Å². The van der Waals surface area contributed by atoms with Crippen LogP contribution in [-0.4, -0.2) is 76.7 Å². The molecule has 2 heterocycles. The molecule has 2 aliphatic heterocycles. The van der Waals surface area contributed by atoms with Gasteiger partial charge in [0, 0.05) is 12.5 Å². The van der Waals surface area contributed by atoms with E-state index in [1.807, 2.05) is 12.1 Å². The van der Waals surface area contributed by atoms with Crippen molar-refractivity contribution in [2.75, 3.05) is 13.7 Å². The highest BCUT2D eigenvalue weighted by Crippen LogP contribution is 2.70. The molecule has 9 nitrogen and oxygen atoms in total. The van der Waals surface area contributed by atoms with E-state index >= 15 is 0 Å². The average Bonchev–Trinajstić information content (AvgIpc) is 2.79. The maximum absolute atomic E-state index is 10.4. The van der Waals surface area contributed by atoms with E-state index in [-0.39, 0.29) is 5.41 Å². The summed E-state index contributed by atoms with van der Waals surface area (Å²) in [4.78, 5) is 11.4. The molecule has 6 fully saturated rings. The first-order valence-corrected chi connectivity index (χ1v) is 11.9. The first-order chi connectivity index (χ1) is 15.9. The Labute approximate surface area is 192 Å². The molecule has 182 valence electrons. The van der Waals surface area contributed by atoms with E-state index in [9.17, 15) is 20.4 Å². The first kappa shape index (κ1) is 22.2. The summed E-state index contributed by atoms with van der Waals surface area (Å²) >= 11 is 0. The minimum Gasteiger partial charge on any atom is -0.462 e. The largest absolute Gasteiger partial charge is 0.462 e. The zero-order valence-electron chi connectivity index (χ0n) is 18.6. The second-order valence-corrected chi connectivity index (χ2v) is 10.5. The molecule has 0 radical (unpaired) electrons. The summed E-state index contributed by atoms with van der Waals surface area (Å²) in [7, 11) is 1.66. The summed E-state index contributed by atoms with van der Waals surface area (Å²) in [5, 5.41) is 40.0. The minimum atomic E-state index is -1.49. The third kappa shape index (κ3) is 3.01. The predicted octanol–water partition coefficient (Wildman–Crippen LogP) is 0.616. The molecule has 4 unspecified atom stereocenters. The molecule has 4 bridgehead atoms. The molecular weight excluding hydrogens is 432 g/mol. The molecule has 0 aromatic heterocycles. The summed E-state index contributed by atoms with van der Waals surface area (Å²) in [5.74, 6) is 2.13. The lowest BCUT2D eigenvalue weighted by Gasteiger charge is -2.70. The quantitative estimate of drug-likeness (QED) is 0.464. The fourth-order valence-electron chi connectivity index (χ4n) is 7.63. The van der Waals surface area contributed by atoms with Crippen molar-refractivity contribution in [2.24, 2.45) is 17.8 Å². The summed E-state index contributed by atoms with van der Waals surface area (Å²) in [6, 6.07) is 7.71. The van der Waals surface area contributed by atoms with Gasteiger partial charge in [0.25, 0.3) is 0 Å². The van der Waals surface area contributed by atoms with Gasteiger partial charge in [0.05, 0.1) is 6.61 Å². The van der Waals surface area contributed by atoms with E-state index in [4.69, 9.17) is 24.0 Å². The lowest BCUT2D eigenvalue weighted by molar-refractivity contribution is -0.592. The normalized spacial score (nSPS) is 50.4. The van der Waals surface area contributed by atoms with E-state index in [0.29, 0.717) is 23.5 Å². The van der Waals surface area contributed by atoms with Gasteiger partial charge in [-0.1, -0.05) is 12.1 Å². The van der Waals surface area contributed by atoms with Crippen molar-refractivity contribution in [3.8, 4) is 5.75 Å². The van der Waals surface area contributed by atoms with Gasteiger partial charge in [-0.05, 0) is 67.6 Å². The van der Waals surface area contributed by atoms with Gasteiger partial charge in [0.1, 0.15) is 30.2 Å². The average molecular weight is 465 g/mol. The molecule has 1 spiro atoms. The maximum Gasteiger partial charge on any atom is 0.229 e. The number of hydrogen-bond acceptors (Lipinski definition) is 9. The van der Waals surface area contributed by atoms with Crippen molar-refractivity contribution in [1.82, 2.24) is 0 Å². The maximum atomic E-state index is 10.4. The van der Waals surface area contributed by atoms with E-state index in [2.05, 4.69) is 6.07 Å². The zero-order chi connectivity index (χ0) is 23.0. The lowest BCUT2D eigenvalue weighted by Crippen LogP contribution is -2.78. The van der Waals surface area contributed by atoms with Crippen LogP contribution in [0, 0.1) is 17.8 Å². The molecule has 9 heteroatoms. The van der Waals surface area contributed by atoms with Crippen molar-refractivity contribution in [3.63, 3.8) is 0 Å². The van der Waals surface area contributed by atoms with E-state index in [1.165, 1.54) is 6.42 Å². The molecule has 4 aliphatic carbocycles. The molecule has 6 aliphatic rings. The Balaban J connectivity index is 1.33. The molecule has 33 heavy (non-hydrogen) atoms. The van der Waals surface area contributed by atoms with E-state index in [1.54, 1.807) is 13.2 Å². The first-order valence-electron chi connectivity index (χ1n) is 11.9. The third-order valence-electron chi connectivity index (χ3n) is 8.86. The third-order valence-corrected chi connectivity index (χ3v) is 8.86. The van der Waals surface area contributed by atoms with Crippen molar-refractivity contribution in [3.05, 3.63) is 29.8 Å². The number of rotatable bonds is 5. The van der Waals surface area contributed by atoms with Crippen LogP contribution in [0.15, 0.2) is 24.3 Å². The number of ether oxygens (including phenoxy) is 3. The number of benzene rings is 1. The molecular formula is C24H32O9. The van der Waals surface area contributed by atoms with Gasteiger partial charge in [-0.3, -0.25) is 0 Å². The van der Waals surface area contributed by atoms with Gasteiger partial charge in [0.15, 0.2) is 5.60 Å². The van der Waals surface area contributed by atoms with Crippen LogP contribution >= 0.6 is 0 Å². The molecule has 1 aromatic rings. The number of aliphatic hydroxyl groups excluding tert-OH is 4. The number of methoxy groups -OCH3 is 1. The molecule has 2 saturated heterocycles. The fourth-order valence-corrected chi connectivity index (χ4v) is 7.63. The van der Waals surface area contributed by atoms with Gasteiger partial charge in [-0.25, -0.2) is 9.78 Å². The predicted molar refractivity (Wildman–Crippen MR) is 112 cm³/mol. The van der Waals surface area contributed by atoms with Crippen LogP contribution in [0.1, 0.15) is 37.7 Å². The molecule has 11 atom stereocenters. The van der Waals surface area contributed by atoms with E-state index in [0.717, 1.165) is 31.2 Å². The summed E-state index contributed by atoms with van der Waals surface area (Å²) < 4.78 is 17.2. The summed E-state index contributed by atoms with van der Waals surface area (Å²) in [5.41, 5.74) is 0.279. The van der Waals surface area contributed by atoms with Crippen LogP contribution in [0.25, 0.3) is 0 Å². The second-order valence-electron chi connectivity index (χ2n) is 10.5. The Morgan fingerprint density at radius 1 is 1.03 bits per heavy atom. The van der Waals surface area contributed by atoms with Gasteiger partial charge < -0.3 is 34.6 Å². The van der Waals surface area contributed by atoms with Crippen LogP contribution < -0.4 is 4.74 Å². The topological polar surface area (TPSA) is 127 Å². The zero-order valence-corrected chi connectivity index (χ0v) is 18.6. The minimum absolute atomic E-state index is 0.268. The standard InChI is InChI=1S/C24H32O9/c1-29-22-24(33-32-22)15-6-12-5-13(7-15)10-23(24,9-12)14-3-2-4-16(8-14)30-21-20(28)19(27)18(26)17(11-25)31-21/h2-4,8,12-13,15,17-22,25-28H,5-7,9-11H2,1H3/t12-,13+,15?,17-,18+,19+,20-,21-,22?,23?,24?/m1/s1. The molecule has 1 aromatic carbocycles. The van der Waals surface area contributed by atoms with Crippen molar-refractivity contribution in [2.45, 2.75) is 80.1 Å². The van der Waals surface area contributed by atoms with Crippen molar-refractivity contribution in [1.29, 1.82) is 0 Å². The molecule has 7 rings (SSSR count). The Morgan fingerprint density at radius 2 is 1.79 bits per heavy atom. The highest BCUT2D eigenvalue weighted by atomic mass is 17.3.